The van der Waals surface area contributed by atoms with Crippen molar-refractivity contribution >= 4 is 23.2 Å². The molecule has 94 valence electrons. The van der Waals surface area contributed by atoms with Crippen LogP contribution in [0, 0.1) is 5.82 Å². The van der Waals surface area contributed by atoms with Crippen molar-refractivity contribution in [2.24, 2.45) is 5.73 Å². The molecular formula is C14H12Cl2FN. The van der Waals surface area contributed by atoms with Gasteiger partial charge in [0.1, 0.15) is 5.82 Å². The minimum atomic E-state index is -0.290. The van der Waals surface area contributed by atoms with E-state index >= 15 is 0 Å². The molecule has 0 fully saturated rings. The highest BCUT2D eigenvalue weighted by atomic mass is 35.5. The van der Waals surface area contributed by atoms with Crippen molar-refractivity contribution in [1.29, 1.82) is 0 Å². The molecule has 0 aliphatic heterocycles. The third kappa shape index (κ3) is 3.02. The highest BCUT2D eigenvalue weighted by Crippen LogP contribution is 2.31. The Morgan fingerprint density at radius 2 is 1.83 bits per heavy atom. The summed E-state index contributed by atoms with van der Waals surface area (Å²) in [5.41, 5.74) is 7.84. The molecule has 0 amide bonds. The average Bonchev–Trinajstić information content (AvgIpc) is 2.28. The zero-order chi connectivity index (χ0) is 13.1. The van der Waals surface area contributed by atoms with E-state index in [-0.39, 0.29) is 5.82 Å². The van der Waals surface area contributed by atoms with Gasteiger partial charge in [-0.2, -0.15) is 0 Å². The van der Waals surface area contributed by atoms with Crippen molar-refractivity contribution in [3.8, 4) is 11.1 Å². The molecule has 18 heavy (non-hydrogen) atoms. The van der Waals surface area contributed by atoms with E-state index in [1.165, 1.54) is 12.1 Å². The van der Waals surface area contributed by atoms with E-state index in [2.05, 4.69) is 0 Å². The lowest BCUT2D eigenvalue weighted by atomic mass is 10.0. The summed E-state index contributed by atoms with van der Waals surface area (Å²) in [6.45, 7) is 0.483. The predicted octanol–water partition coefficient (Wildman–Crippen LogP) is 4.30. The van der Waals surface area contributed by atoms with Gasteiger partial charge in [-0.25, -0.2) is 4.39 Å². The van der Waals surface area contributed by atoms with Gasteiger partial charge in [0, 0.05) is 15.6 Å². The van der Waals surface area contributed by atoms with Crippen LogP contribution in [0.4, 0.5) is 4.39 Å². The lowest BCUT2D eigenvalue weighted by molar-refractivity contribution is 0.626. The van der Waals surface area contributed by atoms with Gasteiger partial charge in [-0.05, 0) is 48.4 Å². The average molecular weight is 284 g/mol. The number of halogens is 3. The molecule has 0 heterocycles. The molecule has 0 aromatic heterocycles. The Kier molecular flexibility index (Phi) is 4.23. The quantitative estimate of drug-likeness (QED) is 0.893. The molecule has 0 unspecified atom stereocenters. The summed E-state index contributed by atoms with van der Waals surface area (Å²) in [5, 5.41) is 1.06. The molecule has 1 nitrogen and oxygen atoms in total. The summed E-state index contributed by atoms with van der Waals surface area (Å²) >= 11 is 12.0. The van der Waals surface area contributed by atoms with E-state index in [1.54, 1.807) is 18.2 Å². The molecule has 2 rings (SSSR count). The van der Waals surface area contributed by atoms with Gasteiger partial charge in [-0.1, -0.05) is 35.3 Å². The van der Waals surface area contributed by atoms with Crippen LogP contribution in [0.15, 0.2) is 36.4 Å². The van der Waals surface area contributed by atoms with Gasteiger partial charge < -0.3 is 5.73 Å². The molecule has 0 aliphatic carbocycles. The van der Waals surface area contributed by atoms with Crippen LogP contribution in [0.3, 0.4) is 0 Å². The van der Waals surface area contributed by atoms with Gasteiger partial charge in [0.25, 0.3) is 0 Å². The normalized spacial score (nSPS) is 10.7. The lowest BCUT2D eigenvalue weighted by Gasteiger charge is -2.08. The monoisotopic (exact) mass is 283 g/mol. The minimum absolute atomic E-state index is 0.290. The number of hydrogen-bond donors (Lipinski definition) is 1. The molecule has 0 spiro atoms. The standard InChI is InChI=1S/C14H12Cl2FN/c15-11-1-2-13(14(16)8-11)10-5-9(3-4-18)6-12(17)7-10/h1-2,5-8H,3-4,18H2. The van der Waals surface area contributed by atoms with E-state index in [4.69, 9.17) is 28.9 Å². The summed E-state index contributed by atoms with van der Waals surface area (Å²) in [6, 6.07) is 9.99. The Balaban J connectivity index is 2.49. The number of hydrogen-bond acceptors (Lipinski definition) is 1. The molecule has 2 aromatic carbocycles. The molecule has 0 radical (unpaired) electrons. The van der Waals surface area contributed by atoms with Crippen molar-refractivity contribution in [2.45, 2.75) is 6.42 Å². The van der Waals surface area contributed by atoms with E-state index in [0.29, 0.717) is 23.0 Å². The van der Waals surface area contributed by atoms with Crippen LogP contribution in [0.25, 0.3) is 11.1 Å². The van der Waals surface area contributed by atoms with Crippen LogP contribution in [-0.4, -0.2) is 6.54 Å². The summed E-state index contributed by atoms with van der Waals surface area (Å²) in [6.07, 6.45) is 0.635. The summed E-state index contributed by atoms with van der Waals surface area (Å²) in [4.78, 5) is 0. The van der Waals surface area contributed by atoms with Gasteiger partial charge >= 0.3 is 0 Å². The van der Waals surface area contributed by atoms with Gasteiger partial charge in [0.2, 0.25) is 0 Å². The Hall–Kier alpha value is -1.09. The van der Waals surface area contributed by atoms with Crippen LogP contribution in [0.1, 0.15) is 5.56 Å². The summed E-state index contributed by atoms with van der Waals surface area (Å²) in [5.74, 6) is -0.290. The van der Waals surface area contributed by atoms with Crippen LogP contribution in [0.2, 0.25) is 10.0 Å². The Morgan fingerprint density at radius 3 is 2.50 bits per heavy atom. The van der Waals surface area contributed by atoms with Gasteiger partial charge in [-0.3, -0.25) is 0 Å². The maximum atomic E-state index is 13.5. The van der Waals surface area contributed by atoms with Crippen molar-refractivity contribution < 1.29 is 4.39 Å². The van der Waals surface area contributed by atoms with Crippen LogP contribution < -0.4 is 5.73 Å². The third-order valence-corrected chi connectivity index (χ3v) is 3.18. The zero-order valence-electron chi connectivity index (χ0n) is 9.59. The molecular weight excluding hydrogens is 272 g/mol. The van der Waals surface area contributed by atoms with Gasteiger partial charge in [0.05, 0.1) is 0 Å². The first-order valence-corrected chi connectivity index (χ1v) is 6.30. The molecule has 0 atom stereocenters. The van der Waals surface area contributed by atoms with Crippen LogP contribution in [-0.2, 0) is 6.42 Å². The highest BCUT2D eigenvalue weighted by Gasteiger charge is 2.07. The van der Waals surface area contributed by atoms with E-state index in [9.17, 15) is 4.39 Å². The van der Waals surface area contributed by atoms with Crippen LogP contribution in [0.5, 0.6) is 0 Å². The SMILES string of the molecule is NCCc1cc(F)cc(-c2ccc(Cl)cc2Cl)c1. The Morgan fingerprint density at radius 1 is 1.06 bits per heavy atom. The fourth-order valence-corrected chi connectivity index (χ4v) is 2.36. The maximum Gasteiger partial charge on any atom is 0.124 e. The zero-order valence-corrected chi connectivity index (χ0v) is 11.1. The van der Waals surface area contributed by atoms with Crippen molar-refractivity contribution in [1.82, 2.24) is 0 Å². The molecule has 0 aliphatic rings. The molecule has 0 saturated carbocycles. The number of benzene rings is 2. The number of rotatable bonds is 3. The van der Waals surface area contributed by atoms with Gasteiger partial charge in [-0.15, -0.1) is 0 Å². The van der Waals surface area contributed by atoms with Gasteiger partial charge in [0.15, 0.2) is 0 Å². The van der Waals surface area contributed by atoms with Crippen molar-refractivity contribution in [2.75, 3.05) is 6.54 Å². The first kappa shape index (κ1) is 13.3. The van der Waals surface area contributed by atoms with Crippen LogP contribution >= 0.6 is 23.2 Å². The Labute approximate surface area is 115 Å². The van der Waals surface area contributed by atoms with E-state index in [0.717, 1.165) is 16.7 Å². The van der Waals surface area contributed by atoms with Crippen molar-refractivity contribution in [3.05, 3.63) is 57.8 Å². The smallest absolute Gasteiger partial charge is 0.124 e. The van der Waals surface area contributed by atoms with E-state index in [1.807, 2.05) is 6.07 Å². The second kappa shape index (κ2) is 5.70. The molecule has 0 bridgehead atoms. The number of nitrogens with two attached hydrogens (primary N) is 1. The highest BCUT2D eigenvalue weighted by molar-refractivity contribution is 6.36. The van der Waals surface area contributed by atoms with Crippen molar-refractivity contribution in [3.63, 3.8) is 0 Å². The fourth-order valence-electron chi connectivity index (χ4n) is 1.84. The first-order chi connectivity index (χ1) is 8.60. The maximum absolute atomic E-state index is 13.5. The summed E-state index contributed by atoms with van der Waals surface area (Å²) < 4.78 is 13.5. The summed E-state index contributed by atoms with van der Waals surface area (Å²) in [7, 11) is 0. The predicted molar refractivity (Wildman–Crippen MR) is 74.6 cm³/mol. The molecule has 0 saturated heterocycles. The largest absolute Gasteiger partial charge is 0.330 e. The molecule has 2 aromatic rings. The Bertz CT molecular complexity index is 570. The fraction of sp³-hybridized carbons (Fsp3) is 0.143. The lowest BCUT2D eigenvalue weighted by Crippen LogP contribution is -2.03. The topological polar surface area (TPSA) is 26.0 Å². The second-order valence-electron chi connectivity index (χ2n) is 4.01. The first-order valence-electron chi connectivity index (χ1n) is 5.55. The third-order valence-electron chi connectivity index (χ3n) is 2.63. The second-order valence-corrected chi connectivity index (χ2v) is 4.85. The minimum Gasteiger partial charge on any atom is -0.330 e. The molecule has 4 heteroatoms. The van der Waals surface area contributed by atoms with E-state index < -0.39 is 0 Å². The molecule has 2 N–H and O–H groups in total.